The van der Waals surface area contributed by atoms with Crippen LogP contribution in [0.4, 0.5) is 4.39 Å². The van der Waals surface area contributed by atoms with Crippen LogP contribution in [0.15, 0.2) is 29.3 Å². The number of benzene rings is 1. The van der Waals surface area contributed by atoms with E-state index in [0.717, 1.165) is 43.2 Å². The number of rotatable bonds is 7. The first-order valence-corrected chi connectivity index (χ1v) is 7.83. The third-order valence-electron chi connectivity index (χ3n) is 2.64. The zero-order valence-electron chi connectivity index (χ0n) is 11.6. The van der Waals surface area contributed by atoms with Crippen molar-refractivity contribution in [3.8, 4) is 0 Å². The maximum Gasteiger partial charge on any atom is 0.190 e. The van der Waals surface area contributed by atoms with Crippen molar-refractivity contribution >= 4 is 17.7 Å². The number of halogens is 1. The predicted octanol–water partition coefficient (Wildman–Crippen LogP) is 2.29. The molecule has 2 N–H and O–H groups in total. The fraction of sp³-hybridized carbons (Fsp3) is 0.500. The summed E-state index contributed by atoms with van der Waals surface area (Å²) in [5.74, 6) is 1.77. The van der Waals surface area contributed by atoms with Crippen LogP contribution in [0.1, 0.15) is 12.0 Å². The maximum absolute atomic E-state index is 13.0. The lowest BCUT2D eigenvalue weighted by Crippen LogP contribution is -2.38. The first-order chi connectivity index (χ1) is 9.26. The summed E-state index contributed by atoms with van der Waals surface area (Å²) in [4.78, 5) is 4.15. The van der Waals surface area contributed by atoms with Crippen LogP contribution in [0.25, 0.3) is 0 Å². The molecule has 0 fully saturated rings. The van der Waals surface area contributed by atoms with Gasteiger partial charge in [-0.2, -0.15) is 11.8 Å². The highest BCUT2D eigenvalue weighted by Crippen LogP contribution is 2.03. The van der Waals surface area contributed by atoms with E-state index in [2.05, 4.69) is 21.9 Å². The van der Waals surface area contributed by atoms with Gasteiger partial charge in [-0.15, -0.1) is 0 Å². The van der Waals surface area contributed by atoms with Crippen LogP contribution < -0.4 is 10.6 Å². The third kappa shape index (κ3) is 7.06. The van der Waals surface area contributed by atoms with Gasteiger partial charge in [0.05, 0.1) is 0 Å². The number of thioether (sulfide) groups is 1. The van der Waals surface area contributed by atoms with Crippen molar-refractivity contribution < 1.29 is 4.39 Å². The van der Waals surface area contributed by atoms with Crippen molar-refractivity contribution in [1.82, 2.24) is 10.6 Å². The highest BCUT2D eigenvalue weighted by molar-refractivity contribution is 7.98. The topological polar surface area (TPSA) is 36.4 Å². The van der Waals surface area contributed by atoms with Gasteiger partial charge in [0.15, 0.2) is 5.96 Å². The standard InChI is InChI=1S/C14H22FN3S/c1-16-14(17-8-4-10-19-2)18-9-7-12-5-3-6-13(15)11-12/h3,5-6,11H,4,7-10H2,1-2H3,(H2,16,17,18). The Balaban J connectivity index is 2.22. The number of nitrogens with one attached hydrogen (secondary N) is 2. The molecule has 1 aromatic rings. The second-order valence-corrected chi connectivity index (χ2v) is 5.14. The lowest BCUT2D eigenvalue weighted by Gasteiger charge is -2.11. The molecule has 1 rings (SSSR count). The van der Waals surface area contributed by atoms with Crippen LogP contribution in [0.2, 0.25) is 0 Å². The van der Waals surface area contributed by atoms with E-state index in [9.17, 15) is 4.39 Å². The van der Waals surface area contributed by atoms with Gasteiger partial charge < -0.3 is 10.6 Å². The molecule has 0 aliphatic rings. The Kier molecular flexibility index (Phi) is 8.05. The molecule has 0 atom stereocenters. The van der Waals surface area contributed by atoms with E-state index >= 15 is 0 Å². The van der Waals surface area contributed by atoms with Gasteiger partial charge in [0.1, 0.15) is 5.82 Å². The normalized spacial score (nSPS) is 11.4. The summed E-state index contributed by atoms with van der Waals surface area (Å²) in [6.45, 7) is 1.66. The van der Waals surface area contributed by atoms with Gasteiger partial charge >= 0.3 is 0 Å². The molecule has 0 unspecified atom stereocenters. The van der Waals surface area contributed by atoms with E-state index in [4.69, 9.17) is 0 Å². The van der Waals surface area contributed by atoms with E-state index < -0.39 is 0 Å². The molecule has 0 spiro atoms. The predicted molar refractivity (Wildman–Crippen MR) is 82.5 cm³/mol. The summed E-state index contributed by atoms with van der Waals surface area (Å²) in [6.07, 6.45) is 4.00. The Labute approximate surface area is 119 Å². The van der Waals surface area contributed by atoms with Gasteiger partial charge in [-0.3, -0.25) is 4.99 Å². The first kappa shape index (κ1) is 15.8. The average Bonchev–Trinajstić information content (AvgIpc) is 2.41. The highest BCUT2D eigenvalue weighted by Gasteiger charge is 1.98. The van der Waals surface area contributed by atoms with Gasteiger partial charge in [-0.05, 0) is 42.5 Å². The van der Waals surface area contributed by atoms with Gasteiger partial charge in [-0.1, -0.05) is 12.1 Å². The minimum Gasteiger partial charge on any atom is -0.356 e. The summed E-state index contributed by atoms with van der Waals surface area (Å²) in [5, 5.41) is 6.48. The largest absolute Gasteiger partial charge is 0.356 e. The van der Waals surface area contributed by atoms with E-state index in [-0.39, 0.29) is 5.82 Å². The molecule has 0 heterocycles. The molecular formula is C14H22FN3S. The molecule has 1 aromatic carbocycles. The van der Waals surface area contributed by atoms with Gasteiger partial charge in [0.25, 0.3) is 0 Å². The molecular weight excluding hydrogens is 261 g/mol. The second-order valence-electron chi connectivity index (χ2n) is 4.15. The van der Waals surface area contributed by atoms with Crippen molar-refractivity contribution in [2.75, 3.05) is 32.1 Å². The summed E-state index contributed by atoms with van der Waals surface area (Å²) < 4.78 is 13.0. The van der Waals surface area contributed by atoms with Crippen molar-refractivity contribution in [3.05, 3.63) is 35.6 Å². The molecule has 0 saturated carbocycles. The van der Waals surface area contributed by atoms with Crippen molar-refractivity contribution in [1.29, 1.82) is 0 Å². The third-order valence-corrected chi connectivity index (χ3v) is 3.33. The first-order valence-electron chi connectivity index (χ1n) is 6.44. The Hall–Kier alpha value is -1.23. The van der Waals surface area contributed by atoms with Crippen LogP contribution in [0.5, 0.6) is 0 Å². The number of hydrogen-bond donors (Lipinski definition) is 2. The van der Waals surface area contributed by atoms with Gasteiger partial charge in [0, 0.05) is 20.1 Å². The number of hydrogen-bond acceptors (Lipinski definition) is 2. The number of guanidine groups is 1. The van der Waals surface area contributed by atoms with Gasteiger partial charge in [0.2, 0.25) is 0 Å². The van der Waals surface area contributed by atoms with Crippen LogP contribution in [-0.2, 0) is 6.42 Å². The van der Waals surface area contributed by atoms with E-state index in [1.165, 1.54) is 6.07 Å². The van der Waals surface area contributed by atoms with Crippen molar-refractivity contribution in [3.63, 3.8) is 0 Å². The fourth-order valence-electron chi connectivity index (χ4n) is 1.66. The van der Waals surface area contributed by atoms with Crippen LogP contribution in [0, 0.1) is 5.82 Å². The summed E-state index contributed by atoms with van der Waals surface area (Å²) in [5.41, 5.74) is 0.991. The smallest absolute Gasteiger partial charge is 0.190 e. The van der Waals surface area contributed by atoms with Crippen LogP contribution in [-0.4, -0.2) is 38.1 Å². The Morgan fingerprint density at radius 1 is 1.32 bits per heavy atom. The SMILES string of the molecule is CN=C(NCCCSC)NCCc1cccc(F)c1. The molecule has 0 aromatic heterocycles. The Bertz CT molecular complexity index is 396. The number of aliphatic imine (C=N–C) groups is 1. The fourth-order valence-corrected chi connectivity index (χ4v) is 2.09. The molecule has 5 heteroatoms. The second kappa shape index (κ2) is 9.67. The molecule has 3 nitrogen and oxygen atoms in total. The average molecular weight is 283 g/mol. The summed E-state index contributed by atoms with van der Waals surface area (Å²) in [7, 11) is 1.76. The van der Waals surface area contributed by atoms with Crippen molar-refractivity contribution in [2.24, 2.45) is 4.99 Å². The molecule has 0 amide bonds. The van der Waals surface area contributed by atoms with E-state index in [0.29, 0.717) is 0 Å². The molecule has 0 saturated heterocycles. The zero-order chi connectivity index (χ0) is 13.9. The maximum atomic E-state index is 13.0. The molecule has 0 aliphatic heterocycles. The Morgan fingerprint density at radius 2 is 2.11 bits per heavy atom. The highest BCUT2D eigenvalue weighted by atomic mass is 32.2. The van der Waals surface area contributed by atoms with Crippen LogP contribution in [0.3, 0.4) is 0 Å². The lowest BCUT2D eigenvalue weighted by molar-refractivity contribution is 0.625. The zero-order valence-corrected chi connectivity index (χ0v) is 12.4. The van der Waals surface area contributed by atoms with Gasteiger partial charge in [-0.25, -0.2) is 4.39 Å². The lowest BCUT2D eigenvalue weighted by atomic mass is 10.1. The summed E-state index contributed by atoms with van der Waals surface area (Å²) in [6, 6.07) is 6.69. The minimum absolute atomic E-state index is 0.183. The molecule has 0 radical (unpaired) electrons. The molecule has 106 valence electrons. The summed E-state index contributed by atoms with van der Waals surface area (Å²) >= 11 is 1.84. The molecule has 0 bridgehead atoms. The van der Waals surface area contributed by atoms with Crippen LogP contribution >= 0.6 is 11.8 Å². The quantitative estimate of drug-likeness (QED) is 0.458. The molecule has 19 heavy (non-hydrogen) atoms. The van der Waals surface area contributed by atoms with E-state index in [1.54, 1.807) is 19.2 Å². The number of nitrogens with zero attached hydrogens (tertiary/aromatic N) is 1. The monoisotopic (exact) mass is 283 g/mol. The van der Waals surface area contributed by atoms with Crippen molar-refractivity contribution in [2.45, 2.75) is 12.8 Å². The molecule has 0 aliphatic carbocycles. The Morgan fingerprint density at radius 3 is 2.79 bits per heavy atom. The van der Waals surface area contributed by atoms with E-state index in [1.807, 2.05) is 17.8 Å². The minimum atomic E-state index is -0.183.